The van der Waals surface area contributed by atoms with Crippen LogP contribution in [0.5, 0.6) is 5.75 Å². The summed E-state index contributed by atoms with van der Waals surface area (Å²) >= 11 is 0. The Kier molecular flexibility index (Phi) is 6.37. The standard InChI is InChI=1S/C23H30N4O.ClH/c1-6-16(7-2)25-22-17-9-8-10-19(17)26-23-18(13-24-27(22)23)21-15(4)11-14(3)12-20(21)28-5;/h11-13,16,25H,6-10H2,1-5H3;1H. The Morgan fingerprint density at radius 2 is 1.93 bits per heavy atom. The fraction of sp³-hybridized carbons (Fsp3) is 0.478. The maximum absolute atomic E-state index is 5.72. The number of nitrogens with one attached hydrogen (secondary N) is 1. The lowest BCUT2D eigenvalue weighted by Gasteiger charge is -2.20. The molecule has 0 unspecified atom stereocenters. The van der Waals surface area contributed by atoms with Gasteiger partial charge >= 0.3 is 0 Å². The summed E-state index contributed by atoms with van der Waals surface area (Å²) in [6.07, 6.45) is 7.40. The highest BCUT2D eigenvalue weighted by Crippen LogP contribution is 2.38. The van der Waals surface area contributed by atoms with E-state index in [9.17, 15) is 0 Å². The van der Waals surface area contributed by atoms with Crippen molar-refractivity contribution in [1.29, 1.82) is 0 Å². The van der Waals surface area contributed by atoms with E-state index in [4.69, 9.17) is 14.8 Å². The third-order valence-electron chi connectivity index (χ3n) is 5.93. The Morgan fingerprint density at radius 1 is 1.17 bits per heavy atom. The molecule has 0 amide bonds. The molecule has 1 N–H and O–H groups in total. The number of halogens is 1. The van der Waals surface area contributed by atoms with Crippen LogP contribution < -0.4 is 10.1 Å². The molecule has 0 aliphatic heterocycles. The van der Waals surface area contributed by atoms with Crippen molar-refractivity contribution in [3.05, 3.63) is 40.7 Å². The van der Waals surface area contributed by atoms with Gasteiger partial charge in [0, 0.05) is 22.9 Å². The molecule has 1 aliphatic rings. The van der Waals surface area contributed by atoms with Crippen LogP contribution in [0.1, 0.15) is 55.5 Å². The Morgan fingerprint density at radius 3 is 2.62 bits per heavy atom. The number of aryl methyl sites for hydroxylation is 3. The van der Waals surface area contributed by atoms with Gasteiger partial charge in [0.25, 0.3) is 0 Å². The summed E-state index contributed by atoms with van der Waals surface area (Å²) in [6, 6.07) is 4.72. The fourth-order valence-corrected chi connectivity index (χ4v) is 4.42. The van der Waals surface area contributed by atoms with Crippen molar-refractivity contribution >= 4 is 23.9 Å². The Hall–Kier alpha value is -2.27. The van der Waals surface area contributed by atoms with Gasteiger partial charge in [0.15, 0.2) is 5.65 Å². The number of methoxy groups -OCH3 is 1. The Balaban J connectivity index is 0.00000240. The fourth-order valence-electron chi connectivity index (χ4n) is 4.42. The molecule has 2 aromatic heterocycles. The maximum Gasteiger partial charge on any atom is 0.165 e. The first-order chi connectivity index (χ1) is 13.6. The van der Waals surface area contributed by atoms with Crippen LogP contribution in [0.15, 0.2) is 18.3 Å². The minimum absolute atomic E-state index is 0. The van der Waals surface area contributed by atoms with Gasteiger partial charge in [0.1, 0.15) is 11.6 Å². The molecule has 0 saturated carbocycles. The van der Waals surface area contributed by atoms with Crippen LogP contribution in [0.25, 0.3) is 16.8 Å². The van der Waals surface area contributed by atoms with Gasteiger partial charge in [-0.25, -0.2) is 4.98 Å². The third kappa shape index (κ3) is 3.68. The molecule has 0 radical (unpaired) electrons. The molecule has 0 bridgehead atoms. The number of benzene rings is 1. The third-order valence-corrected chi connectivity index (χ3v) is 5.93. The van der Waals surface area contributed by atoms with Crippen molar-refractivity contribution in [1.82, 2.24) is 14.6 Å². The minimum atomic E-state index is 0. The normalized spacial score (nSPS) is 12.9. The van der Waals surface area contributed by atoms with Crippen LogP contribution in [0.4, 0.5) is 5.82 Å². The predicted molar refractivity (Wildman–Crippen MR) is 122 cm³/mol. The van der Waals surface area contributed by atoms with Gasteiger partial charge in [0.2, 0.25) is 0 Å². The summed E-state index contributed by atoms with van der Waals surface area (Å²) in [4.78, 5) is 5.06. The molecule has 1 aromatic carbocycles. The first-order valence-electron chi connectivity index (χ1n) is 10.4. The van der Waals surface area contributed by atoms with Crippen molar-refractivity contribution in [2.45, 2.75) is 65.8 Å². The van der Waals surface area contributed by atoms with Crippen LogP contribution >= 0.6 is 12.4 Å². The molecule has 0 fully saturated rings. The van der Waals surface area contributed by atoms with Crippen LogP contribution in [0, 0.1) is 13.8 Å². The zero-order chi connectivity index (χ0) is 19.8. The van der Waals surface area contributed by atoms with E-state index in [1.165, 1.54) is 22.4 Å². The first kappa shape index (κ1) is 21.4. The highest BCUT2D eigenvalue weighted by molar-refractivity contribution is 5.85. The molecule has 29 heavy (non-hydrogen) atoms. The smallest absolute Gasteiger partial charge is 0.165 e. The zero-order valence-corrected chi connectivity index (χ0v) is 18.8. The lowest BCUT2D eigenvalue weighted by atomic mass is 9.99. The average molecular weight is 415 g/mol. The monoisotopic (exact) mass is 414 g/mol. The molecular formula is C23H31ClN4O. The van der Waals surface area contributed by atoms with Gasteiger partial charge in [-0.05, 0) is 63.1 Å². The molecular weight excluding hydrogens is 384 g/mol. The van der Waals surface area contributed by atoms with Gasteiger partial charge in [-0.3, -0.25) is 0 Å². The van der Waals surface area contributed by atoms with Crippen molar-refractivity contribution in [2.24, 2.45) is 0 Å². The van der Waals surface area contributed by atoms with E-state index in [-0.39, 0.29) is 12.4 Å². The first-order valence-corrected chi connectivity index (χ1v) is 10.4. The predicted octanol–water partition coefficient (Wildman–Crippen LogP) is 5.53. The number of hydrogen-bond donors (Lipinski definition) is 1. The van der Waals surface area contributed by atoms with E-state index in [1.807, 2.05) is 10.7 Å². The number of rotatable bonds is 6. The SMILES string of the molecule is CCC(CC)Nc1c2c(nc3c(-c4c(C)cc(C)cc4OC)cnn13)CCC2.Cl. The van der Waals surface area contributed by atoms with Crippen LogP contribution in [0.2, 0.25) is 0 Å². The number of ether oxygens (including phenoxy) is 1. The topological polar surface area (TPSA) is 51.5 Å². The Bertz CT molecular complexity index is 1020. The summed E-state index contributed by atoms with van der Waals surface area (Å²) in [6.45, 7) is 8.69. The molecule has 0 spiro atoms. The molecule has 2 heterocycles. The molecule has 0 atom stereocenters. The van der Waals surface area contributed by atoms with Crippen LogP contribution in [0.3, 0.4) is 0 Å². The lowest BCUT2D eigenvalue weighted by Crippen LogP contribution is -2.21. The molecule has 4 rings (SSSR count). The van der Waals surface area contributed by atoms with E-state index in [1.54, 1.807) is 7.11 Å². The van der Waals surface area contributed by atoms with Gasteiger partial charge in [-0.2, -0.15) is 9.61 Å². The number of nitrogens with zero attached hydrogens (tertiary/aromatic N) is 3. The van der Waals surface area contributed by atoms with E-state index in [0.717, 1.165) is 60.4 Å². The maximum atomic E-state index is 5.72. The zero-order valence-electron chi connectivity index (χ0n) is 18.0. The number of anilines is 1. The highest BCUT2D eigenvalue weighted by Gasteiger charge is 2.25. The second kappa shape index (κ2) is 8.62. The highest BCUT2D eigenvalue weighted by atomic mass is 35.5. The van der Waals surface area contributed by atoms with E-state index < -0.39 is 0 Å². The lowest BCUT2D eigenvalue weighted by molar-refractivity contribution is 0.416. The van der Waals surface area contributed by atoms with Crippen molar-refractivity contribution in [2.75, 3.05) is 12.4 Å². The minimum Gasteiger partial charge on any atom is -0.496 e. The van der Waals surface area contributed by atoms with Gasteiger partial charge in [-0.15, -0.1) is 12.4 Å². The number of aromatic nitrogens is 3. The van der Waals surface area contributed by atoms with E-state index in [2.05, 4.69) is 45.1 Å². The number of fused-ring (bicyclic) bond motifs is 2. The molecule has 5 nitrogen and oxygen atoms in total. The van der Waals surface area contributed by atoms with Crippen molar-refractivity contribution in [3.8, 4) is 16.9 Å². The second-order valence-corrected chi connectivity index (χ2v) is 7.85. The summed E-state index contributed by atoms with van der Waals surface area (Å²) < 4.78 is 7.73. The number of hydrogen-bond acceptors (Lipinski definition) is 4. The summed E-state index contributed by atoms with van der Waals surface area (Å²) in [5, 5.41) is 8.54. The molecule has 0 saturated heterocycles. The Labute approximate surface area is 179 Å². The van der Waals surface area contributed by atoms with Crippen LogP contribution in [-0.4, -0.2) is 27.7 Å². The van der Waals surface area contributed by atoms with Crippen molar-refractivity contribution in [3.63, 3.8) is 0 Å². The molecule has 1 aliphatic carbocycles. The molecule has 156 valence electrons. The summed E-state index contributed by atoms with van der Waals surface area (Å²) in [7, 11) is 1.73. The summed E-state index contributed by atoms with van der Waals surface area (Å²) in [5.41, 5.74) is 7.97. The van der Waals surface area contributed by atoms with E-state index in [0.29, 0.717) is 6.04 Å². The second-order valence-electron chi connectivity index (χ2n) is 7.85. The van der Waals surface area contributed by atoms with Gasteiger partial charge in [-0.1, -0.05) is 19.9 Å². The largest absolute Gasteiger partial charge is 0.496 e. The quantitative estimate of drug-likeness (QED) is 0.575. The average Bonchev–Trinajstić information content (AvgIpc) is 3.31. The van der Waals surface area contributed by atoms with E-state index >= 15 is 0 Å². The van der Waals surface area contributed by atoms with Gasteiger partial charge < -0.3 is 10.1 Å². The molecule has 3 aromatic rings. The molecule has 6 heteroatoms. The van der Waals surface area contributed by atoms with Crippen LogP contribution in [-0.2, 0) is 12.8 Å². The van der Waals surface area contributed by atoms with Gasteiger partial charge in [0.05, 0.1) is 18.9 Å². The summed E-state index contributed by atoms with van der Waals surface area (Å²) in [5.74, 6) is 2.00. The van der Waals surface area contributed by atoms with Crippen molar-refractivity contribution < 1.29 is 4.74 Å².